The molecule has 1 saturated heterocycles. The van der Waals surface area contributed by atoms with E-state index in [1.54, 1.807) is 6.20 Å². The van der Waals surface area contributed by atoms with Gasteiger partial charge in [0.1, 0.15) is 11.6 Å². The molecule has 1 aliphatic heterocycles. The van der Waals surface area contributed by atoms with Gasteiger partial charge in [-0.3, -0.25) is 0 Å². The van der Waals surface area contributed by atoms with Gasteiger partial charge in [0.2, 0.25) is 0 Å². The van der Waals surface area contributed by atoms with Crippen LogP contribution in [0.3, 0.4) is 0 Å². The first-order chi connectivity index (χ1) is 16.7. The van der Waals surface area contributed by atoms with E-state index in [0.29, 0.717) is 0 Å². The highest BCUT2D eigenvalue weighted by molar-refractivity contribution is 7.10. The topological polar surface area (TPSA) is 69.7 Å². The third-order valence-corrected chi connectivity index (χ3v) is 7.82. The number of aromatic nitrogens is 1. The molecule has 0 bridgehead atoms. The minimum Gasteiger partial charge on any atom is -0.449 e. The van der Waals surface area contributed by atoms with Gasteiger partial charge in [-0.15, -0.1) is 11.3 Å². The third-order valence-electron chi connectivity index (χ3n) is 7.10. The number of thiazole rings is 1. The lowest BCUT2D eigenvalue weighted by Crippen LogP contribution is -2.41. The lowest BCUT2D eigenvalue weighted by molar-refractivity contribution is 0.00578. The van der Waals surface area contributed by atoms with Crippen LogP contribution in [0.4, 0.5) is 4.79 Å². The van der Waals surface area contributed by atoms with Crippen LogP contribution in [0.15, 0.2) is 65.6 Å². The zero-order valence-electron chi connectivity index (χ0n) is 20.4. The maximum atomic E-state index is 12.7. The fraction of sp³-hybridized carbons (Fsp3) is 0.333. The lowest BCUT2D eigenvalue weighted by Gasteiger charge is -2.32. The number of hydrogen-bond acceptors (Lipinski definition) is 6. The number of rotatable bonds is 6. The molecule has 0 unspecified atom stereocenters. The minimum absolute atomic E-state index is 0.0154. The molecule has 0 spiro atoms. The van der Waals surface area contributed by atoms with Crippen molar-refractivity contribution < 1.29 is 18.8 Å². The van der Waals surface area contributed by atoms with E-state index in [0.717, 1.165) is 10.5 Å². The van der Waals surface area contributed by atoms with Crippen molar-refractivity contribution in [2.24, 2.45) is 0 Å². The molecule has 5 rings (SSSR count). The van der Waals surface area contributed by atoms with Crippen molar-refractivity contribution in [2.45, 2.75) is 44.8 Å². The summed E-state index contributed by atoms with van der Waals surface area (Å²) >= 11 is 1.52. The first kappa shape index (κ1) is 23.8. The number of amides is 1. The smallest absolute Gasteiger partial charge is 0.449 e. The number of alkyl carbamates (subject to hydrolysis) is 1. The molecule has 1 fully saturated rings. The lowest BCUT2D eigenvalue weighted by atomic mass is 9.77. The summed E-state index contributed by atoms with van der Waals surface area (Å²) in [4.78, 5) is 17.1. The van der Waals surface area contributed by atoms with Crippen LogP contribution in [0.2, 0.25) is 0 Å². The number of carbonyl (C=O) groups is 1. The summed E-state index contributed by atoms with van der Waals surface area (Å²) in [6, 6.07) is 16.6. The molecule has 2 aliphatic rings. The van der Waals surface area contributed by atoms with Crippen LogP contribution in [0.1, 0.15) is 49.7 Å². The van der Waals surface area contributed by atoms with Crippen LogP contribution < -0.4 is 5.32 Å². The highest BCUT2D eigenvalue weighted by atomic mass is 32.1. The molecule has 6 nitrogen and oxygen atoms in total. The molecule has 2 heterocycles. The normalized spacial score (nSPS) is 18.3. The Labute approximate surface area is 210 Å². The Kier molecular flexibility index (Phi) is 6.29. The SMILES string of the molecule is CC1(C)OB(C(=Cc2nccs2)CNC(=O)OCC2c3ccccc3-c3ccccc32)OC1(C)C. The number of fused-ring (bicyclic) bond motifs is 3. The predicted octanol–water partition coefficient (Wildman–Crippen LogP) is 5.70. The molecular weight excluding hydrogens is 459 g/mol. The molecule has 1 N–H and O–H groups in total. The summed E-state index contributed by atoms with van der Waals surface area (Å²) in [6.45, 7) is 8.52. The Hall–Kier alpha value is -2.94. The molecule has 1 amide bonds. The van der Waals surface area contributed by atoms with E-state index in [1.807, 2.05) is 63.4 Å². The highest BCUT2D eigenvalue weighted by Crippen LogP contribution is 2.44. The standard InChI is InChI=1S/C27H29BN2O4S/c1-26(2)27(3,4)34-28(33-26)18(15-24-29-13-14-35-24)16-30-25(31)32-17-23-21-11-7-5-9-19(21)20-10-6-8-12-22(20)23/h5-15,23H,16-17H2,1-4H3,(H,30,31). The summed E-state index contributed by atoms with van der Waals surface area (Å²) in [5, 5.41) is 5.62. The number of nitrogens with zero attached hydrogens (tertiary/aromatic N) is 1. The Bertz CT molecular complexity index is 1190. The molecule has 0 atom stereocenters. The number of ether oxygens (including phenoxy) is 1. The molecule has 1 aromatic heterocycles. The zero-order chi connectivity index (χ0) is 24.6. The van der Waals surface area contributed by atoms with E-state index in [1.165, 1.54) is 33.6 Å². The summed E-state index contributed by atoms with van der Waals surface area (Å²) in [7, 11) is -0.585. The predicted molar refractivity (Wildman–Crippen MR) is 139 cm³/mol. The summed E-state index contributed by atoms with van der Waals surface area (Å²) in [5.74, 6) is 0.0154. The van der Waals surface area contributed by atoms with Crippen LogP contribution >= 0.6 is 11.3 Å². The van der Waals surface area contributed by atoms with E-state index >= 15 is 0 Å². The molecule has 2 aromatic carbocycles. The van der Waals surface area contributed by atoms with Crippen molar-refractivity contribution >= 4 is 30.6 Å². The van der Waals surface area contributed by atoms with E-state index in [2.05, 4.69) is 34.6 Å². The first-order valence-corrected chi connectivity index (χ1v) is 12.7. The van der Waals surface area contributed by atoms with Crippen molar-refractivity contribution in [3.63, 3.8) is 0 Å². The Morgan fingerprint density at radius 3 is 2.23 bits per heavy atom. The second kappa shape index (κ2) is 9.26. The van der Waals surface area contributed by atoms with Gasteiger partial charge in [-0.1, -0.05) is 48.5 Å². The van der Waals surface area contributed by atoms with Gasteiger partial charge in [0.25, 0.3) is 0 Å². The van der Waals surface area contributed by atoms with Gasteiger partial charge in [0, 0.05) is 24.0 Å². The quantitative estimate of drug-likeness (QED) is 0.451. The van der Waals surface area contributed by atoms with Gasteiger partial charge >= 0.3 is 13.2 Å². The van der Waals surface area contributed by atoms with Crippen molar-refractivity contribution in [1.82, 2.24) is 10.3 Å². The minimum atomic E-state index is -0.585. The zero-order valence-corrected chi connectivity index (χ0v) is 21.2. The Balaban J connectivity index is 1.26. The van der Waals surface area contributed by atoms with Gasteiger partial charge in [-0.05, 0) is 61.5 Å². The summed E-state index contributed by atoms with van der Waals surface area (Å²) < 4.78 is 18.1. The molecule has 35 heavy (non-hydrogen) atoms. The second-order valence-corrected chi connectivity index (χ2v) is 10.8. The number of hydrogen-bond donors (Lipinski definition) is 1. The van der Waals surface area contributed by atoms with E-state index in [-0.39, 0.29) is 19.1 Å². The molecular formula is C27H29BN2O4S. The van der Waals surface area contributed by atoms with Crippen LogP contribution in [0.5, 0.6) is 0 Å². The average Bonchev–Trinajstić information content (AvgIpc) is 3.50. The first-order valence-electron chi connectivity index (χ1n) is 11.8. The Morgan fingerprint density at radius 2 is 1.66 bits per heavy atom. The van der Waals surface area contributed by atoms with E-state index in [4.69, 9.17) is 14.0 Å². The van der Waals surface area contributed by atoms with Crippen LogP contribution in [-0.4, -0.2) is 42.5 Å². The van der Waals surface area contributed by atoms with E-state index < -0.39 is 24.4 Å². The maximum absolute atomic E-state index is 12.7. The number of benzene rings is 2. The molecule has 3 aromatic rings. The van der Waals surface area contributed by atoms with Gasteiger partial charge in [0.05, 0.1) is 11.2 Å². The van der Waals surface area contributed by atoms with Crippen molar-refractivity contribution in [3.8, 4) is 11.1 Å². The summed E-state index contributed by atoms with van der Waals surface area (Å²) in [6.07, 6.45) is 3.18. The van der Waals surface area contributed by atoms with Crippen molar-refractivity contribution in [3.05, 3.63) is 81.7 Å². The number of nitrogens with one attached hydrogen (secondary N) is 1. The second-order valence-electron chi connectivity index (χ2n) is 9.86. The van der Waals surface area contributed by atoms with Crippen LogP contribution in [-0.2, 0) is 14.0 Å². The van der Waals surface area contributed by atoms with Gasteiger partial charge in [-0.2, -0.15) is 0 Å². The number of carbonyl (C=O) groups excluding carboxylic acids is 1. The van der Waals surface area contributed by atoms with E-state index in [9.17, 15) is 4.79 Å². The van der Waals surface area contributed by atoms with Gasteiger partial charge < -0.3 is 19.4 Å². The maximum Gasteiger partial charge on any atom is 0.492 e. The molecule has 1 aliphatic carbocycles. The molecule has 0 saturated carbocycles. The molecule has 8 heteroatoms. The summed E-state index contributed by atoms with van der Waals surface area (Å²) in [5.41, 5.74) is 4.59. The fourth-order valence-electron chi connectivity index (χ4n) is 4.48. The van der Waals surface area contributed by atoms with Gasteiger partial charge in [0.15, 0.2) is 0 Å². The molecule has 180 valence electrons. The van der Waals surface area contributed by atoms with Crippen LogP contribution in [0.25, 0.3) is 17.2 Å². The third kappa shape index (κ3) is 4.66. The van der Waals surface area contributed by atoms with Gasteiger partial charge in [-0.25, -0.2) is 9.78 Å². The van der Waals surface area contributed by atoms with Crippen molar-refractivity contribution in [2.75, 3.05) is 13.2 Å². The highest BCUT2D eigenvalue weighted by Gasteiger charge is 2.52. The largest absolute Gasteiger partial charge is 0.492 e. The monoisotopic (exact) mass is 488 g/mol. The Morgan fingerprint density at radius 1 is 1.06 bits per heavy atom. The molecule has 0 radical (unpaired) electrons. The van der Waals surface area contributed by atoms with Crippen LogP contribution in [0, 0.1) is 0 Å². The average molecular weight is 488 g/mol. The van der Waals surface area contributed by atoms with Crippen molar-refractivity contribution in [1.29, 1.82) is 0 Å². The fourth-order valence-corrected chi connectivity index (χ4v) is 5.09.